The summed E-state index contributed by atoms with van der Waals surface area (Å²) in [6.07, 6.45) is 43.9. The summed E-state index contributed by atoms with van der Waals surface area (Å²) >= 11 is 0. The van der Waals surface area contributed by atoms with E-state index in [-0.39, 0.29) is 25.8 Å². The van der Waals surface area contributed by atoms with Crippen molar-refractivity contribution in [1.29, 1.82) is 0 Å². The van der Waals surface area contributed by atoms with Crippen molar-refractivity contribution in [3.05, 3.63) is 12.2 Å². The Morgan fingerprint density at radius 1 is 0.545 bits per heavy atom. The number of rotatable bonds is 44. The van der Waals surface area contributed by atoms with Crippen molar-refractivity contribution in [2.45, 2.75) is 225 Å². The summed E-state index contributed by atoms with van der Waals surface area (Å²) in [7, 11) is 1.67. The predicted molar refractivity (Wildman–Crippen MR) is 234 cm³/mol. The number of ether oxygens (including phenoxy) is 2. The molecule has 55 heavy (non-hydrogen) atoms. The lowest BCUT2D eigenvalue weighted by Crippen LogP contribution is -2.37. The standard InChI is InChI=1S/C46H92NO7P/c1-6-8-10-12-14-16-18-20-22-23-24-25-26-28-30-32-34-36-38-41-51-43-45(44-53-55(49,50)52-42-40-47(3,4)5)54-46(48)39-37-35-33-31-29-27-21-19-17-15-13-11-9-7-2/h19,21,45H,6-18,20,22-44H2,1-5H3/p+1/b21-19-. The number of likely N-dealkylation sites (N-methyl/N-ethyl adjacent to an activating group) is 1. The number of phosphoric acid groups is 1. The van der Waals surface area contributed by atoms with Gasteiger partial charge in [-0.3, -0.25) is 13.8 Å². The second kappa shape index (κ2) is 40.0. The average Bonchev–Trinajstić information content (AvgIpc) is 3.13. The van der Waals surface area contributed by atoms with Crippen molar-refractivity contribution >= 4 is 13.8 Å². The smallest absolute Gasteiger partial charge is 0.457 e. The number of phosphoric ester groups is 1. The normalized spacial score (nSPS) is 13.8. The van der Waals surface area contributed by atoms with Crippen LogP contribution in [0.2, 0.25) is 0 Å². The molecule has 9 heteroatoms. The fraction of sp³-hybridized carbons (Fsp3) is 0.935. The van der Waals surface area contributed by atoms with E-state index in [9.17, 15) is 14.3 Å². The molecule has 0 bridgehead atoms. The van der Waals surface area contributed by atoms with Gasteiger partial charge in [0.1, 0.15) is 19.3 Å². The highest BCUT2D eigenvalue weighted by Crippen LogP contribution is 2.43. The molecular formula is C46H93NO7P+. The highest BCUT2D eigenvalue weighted by molar-refractivity contribution is 7.47. The van der Waals surface area contributed by atoms with Crippen LogP contribution < -0.4 is 0 Å². The molecule has 0 heterocycles. The zero-order chi connectivity index (χ0) is 40.6. The van der Waals surface area contributed by atoms with Gasteiger partial charge in [-0.1, -0.05) is 187 Å². The lowest BCUT2D eigenvalue weighted by atomic mass is 10.0. The molecule has 0 aromatic heterocycles. The van der Waals surface area contributed by atoms with Crippen molar-refractivity contribution in [3.63, 3.8) is 0 Å². The molecule has 0 radical (unpaired) electrons. The predicted octanol–water partition coefficient (Wildman–Crippen LogP) is 13.8. The zero-order valence-electron chi connectivity index (χ0n) is 37.2. The Hall–Kier alpha value is -0.760. The lowest BCUT2D eigenvalue weighted by Gasteiger charge is -2.24. The van der Waals surface area contributed by atoms with Gasteiger partial charge in [-0.2, -0.15) is 0 Å². The monoisotopic (exact) mass is 803 g/mol. The first-order valence-electron chi connectivity index (χ1n) is 23.4. The van der Waals surface area contributed by atoms with Gasteiger partial charge in [0.25, 0.3) is 0 Å². The highest BCUT2D eigenvalue weighted by atomic mass is 31.2. The Bertz CT molecular complexity index is 894. The molecule has 0 aliphatic rings. The van der Waals surface area contributed by atoms with Gasteiger partial charge in [0, 0.05) is 13.0 Å². The minimum atomic E-state index is -4.27. The molecule has 0 rings (SSSR count). The van der Waals surface area contributed by atoms with Crippen LogP contribution in [-0.2, 0) is 27.9 Å². The van der Waals surface area contributed by atoms with E-state index < -0.39 is 13.9 Å². The second-order valence-electron chi connectivity index (χ2n) is 17.1. The Morgan fingerprint density at radius 3 is 1.38 bits per heavy atom. The van der Waals surface area contributed by atoms with Crippen molar-refractivity contribution in [3.8, 4) is 0 Å². The highest BCUT2D eigenvalue weighted by Gasteiger charge is 2.26. The van der Waals surface area contributed by atoms with E-state index in [0.29, 0.717) is 24.1 Å². The summed E-state index contributed by atoms with van der Waals surface area (Å²) in [6, 6.07) is 0. The van der Waals surface area contributed by atoms with E-state index in [1.54, 1.807) is 0 Å². The van der Waals surface area contributed by atoms with Gasteiger partial charge in [-0.25, -0.2) is 4.57 Å². The topological polar surface area (TPSA) is 91.3 Å². The van der Waals surface area contributed by atoms with Gasteiger partial charge in [0.15, 0.2) is 0 Å². The number of carbonyl (C=O) groups excluding carboxylic acids is 1. The molecule has 2 atom stereocenters. The molecule has 0 saturated heterocycles. The number of esters is 1. The Morgan fingerprint density at radius 2 is 0.945 bits per heavy atom. The Kier molecular flexibility index (Phi) is 39.5. The fourth-order valence-electron chi connectivity index (χ4n) is 6.67. The van der Waals surface area contributed by atoms with Crippen LogP contribution >= 0.6 is 7.82 Å². The molecule has 0 aliphatic heterocycles. The third-order valence-electron chi connectivity index (χ3n) is 10.3. The summed E-state index contributed by atoms with van der Waals surface area (Å²) in [5, 5.41) is 0. The number of quaternary nitrogens is 1. The molecule has 8 nitrogen and oxygen atoms in total. The van der Waals surface area contributed by atoms with Gasteiger partial charge < -0.3 is 18.9 Å². The maximum atomic E-state index is 12.7. The van der Waals surface area contributed by atoms with Gasteiger partial charge >= 0.3 is 13.8 Å². The molecular weight excluding hydrogens is 709 g/mol. The number of carbonyl (C=O) groups is 1. The molecule has 0 aliphatic carbocycles. The van der Waals surface area contributed by atoms with Crippen LogP contribution in [0.25, 0.3) is 0 Å². The SMILES string of the molecule is CCCCCCC/C=C\CCCCCCCC(=O)OC(COCCCCCCCCCCCCCCCCCCCCC)COP(=O)(O)OCC[N+](C)(C)C. The average molecular weight is 803 g/mol. The van der Waals surface area contributed by atoms with Crippen molar-refractivity contribution in [1.82, 2.24) is 0 Å². The molecule has 0 fully saturated rings. The van der Waals surface area contributed by atoms with Crippen LogP contribution in [0.15, 0.2) is 12.2 Å². The van der Waals surface area contributed by atoms with Gasteiger partial charge in [-0.15, -0.1) is 0 Å². The minimum Gasteiger partial charge on any atom is -0.457 e. The van der Waals surface area contributed by atoms with Crippen molar-refractivity contribution in [2.24, 2.45) is 0 Å². The zero-order valence-corrected chi connectivity index (χ0v) is 38.1. The number of hydrogen-bond acceptors (Lipinski definition) is 6. The molecule has 0 aromatic rings. The first-order valence-corrected chi connectivity index (χ1v) is 24.9. The van der Waals surface area contributed by atoms with Crippen LogP contribution in [-0.4, -0.2) is 75.6 Å². The van der Waals surface area contributed by atoms with E-state index >= 15 is 0 Å². The molecule has 0 saturated carbocycles. The number of allylic oxidation sites excluding steroid dienone is 2. The minimum absolute atomic E-state index is 0.0903. The summed E-state index contributed by atoms with van der Waals surface area (Å²) in [4.78, 5) is 22.9. The van der Waals surface area contributed by atoms with Crippen LogP contribution in [0.1, 0.15) is 219 Å². The van der Waals surface area contributed by atoms with Crippen LogP contribution in [0.4, 0.5) is 0 Å². The van der Waals surface area contributed by atoms with Gasteiger partial charge in [0.2, 0.25) is 0 Å². The van der Waals surface area contributed by atoms with Crippen LogP contribution in [0, 0.1) is 0 Å². The number of nitrogens with zero attached hydrogens (tertiary/aromatic N) is 1. The molecule has 2 unspecified atom stereocenters. The van der Waals surface area contributed by atoms with Crippen LogP contribution in [0.5, 0.6) is 0 Å². The van der Waals surface area contributed by atoms with E-state index in [1.807, 2.05) is 21.1 Å². The van der Waals surface area contributed by atoms with Gasteiger partial charge in [-0.05, 0) is 38.5 Å². The summed E-state index contributed by atoms with van der Waals surface area (Å²) < 4.78 is 35.0. The third-order valence-corrected chi connectivity index (χ3v) is 11.3. The molecule has 328 valence electrons. The molecule has 0 aromatic carbocycles. The van der Waals surface area contributed by atoms with E-state index in [1.165, 1.54) is 161 Å². The maximum Gasteiger partial charge on any atom is 0.472 e. The first-order chi connectivity index (χ1) is 26.6. The number of unbranched alkanes of at least 4 members (excludes halogenated alkanes) is 28. The quantitative estimate of drug-likeness (QED) is 0.0216. The lowest BCUT2D eigenvalue weighted by molar-refractivity contribution is -0.870. The Labute approximate surface area is 341 Å². The summed E-state index contributed by atoms with van der Waals surface area (Å²) in [5.41, 5.74) is 0. The second-order valence-corrected chi connectivity index (χ2v) is 18.6. The van der Waals surface area contributed by atoms with Crippen molar-refractivity contribution < 1.29 is 37.3 Å². The molecule has 0 amide bonds. The van der Waals surface area contributed by atoms with Crippen molar-refractivity contribution in [2.75, 3.05) is 54.1 Å². The van der Waals surface area contributed by atoms with E-state index in [0.717, 1.165) is 38.5 Å². The van der Waals surface area contributed by atoms with E-state index in [4.69, 9.17) is 18.5 Å². The van der Waals surface area contributed by atoms with E-state index in [2.05, 4.69) is 26.0 Å². The number of hydrogen-bond donors (Lipinski definition) is 1. The summed E-state index contributed by atoms with van der Waals surface area (Å²) in [5.74, 6) is -0.318. The maximum absolute atomic E-state index is 12.7. The van der Waals surface area contributed by atoms with Gasteiger partial charge in [0.05, 0.1) is 34.4 Å². The summed E-state index contributed by atoms with van der Waals surface area (Å²) in [6.45, 7) is 5.65. The third kappa shape index (κ3) is 44.2. The fourth-order valence-corrected chi connectivity index (χ4v) is 7.41. The van der Waals surface area contributed by atoms with Crippen LogP contribution in [0.3, 0.4) is 0 Å². The molecule has 0 spiro atoms. The largest absolute Gasteiger partial charge is 0.472 e. The first kappa shape index (κ1) is 54.2. The Balaban J connectivity index is 4.15. The molecule has 1 N–H and O–H groups in total.